The van der Waals surface area contributed by atoms with Crippen molar-refractivity contribution in [3.63, 3.8) is 0 Å². The van der Waals surface area contributed by atoms with Crippen LogP contribution < -0.4 is 5.73 Å². The largest absolute Gasteiger partial charge is 0.324 e. The van der Waals surface area contributed by atoms with Crippen molar-refractivity contribution in [1.82, 2.24) is 0 Å². The molecule has 0 aromatic heterocycles. The molecule has 1 aromatic carbocycles. The molecule has 1 aliphatic rings. The molecule has 1 saturated carbocycles. The number of hydrogen-bond donors (Lipinski definition) is 1. The Morgan fingerprint density at radius 3 is 2.76 bits per heavy atom. The smallest absolute Gasteiger partial charge is 0.124 e. The maximum Gasteiger partial charge on any atom is 0.124 e. The van der Waals surface area contributed by atoms with E-state index >= 15 is 0 Å². The van der Waals surface area contributed by atoms with E-state index in [9.17, 15) is 4.39 Å². The van der Waals surface area contributed by atoms with Crippen molar-refractivity contribution >= 4 is 15.9 Å². The summed E-state index contributed by atoms with van der Waals surface area (Å²) in [7, 11) is 0. The number of halogens is 2. The average molecular weight is 300 g/mol. The Balaban J connectivity index is 2.15. The summed E-state index contributed by atoms with van der Waals surface area (Å²) in [6.07, 6.45) is 4.88. The second-order valence-electron chi connectivity index (χ2n) is 5.26. The molecule has 3 heteroatoms. The Hall–Kier alpha value is -0.410. The van der Waals surface area contributed by atoms with E-state index in [1.54, 1.807) is 6.07 Å². The minimum Gasteiger partial charge on any atom is -0.324 e. The third-order valence-electron chi connectivity index (χ3n) is 3.75. The minimum atomic E-state index is -0.214. The van der Waals surface area contributed by atoms with Crippen LogP contribution in [0.2, 0.25) is 0 Å². The predicted octanol–water partition coefficient (Wildman–Crippen LogP) is 4.41. The van der Waals surface area contributed by atoms with Gasteiger partial charge < -0.3 is 5.73 Å². The van der Waals surface area contributed by atoms with E-state index in [1.807, 2.05) is 6.07 Å². The minimum absolute atomic E-state index is 0.0373. The van der Waals surface area contributed by atoms with Gasteiger partial charge in [0.1, 0.15) is 5.82 Å². The van der Waals surface area contributed by atoms with E-state index in [4.69, 9.17) is 5.73 Å². The second kappa shape index (κ2) is 5.49. The van der Waals surface area contributed by atoms with Crippen LogP contribution in [0.4, 0.5) is 4.39 Å². The maximum atomic E-state index is 13.3. The van der Waals surface area contributed by atoms with Crippen molar-refractivity contribution in [3.8, 4) is 0 Å². The van der Waals surface area contributed by atoms with Gasteiger partial charge in [-0.1, -0.05) is 35.7 Å². The molecular formula is C14H19BrFN. The molecule has 2 rings (SSSR count). The quantitative estimate of drug-likeness (QED) is 0.860. The van der Waals surface area contributed by atoms with Crippen molar-refractivity contribution in [2.45, 2.75) is 38.6 Å². The zero-order chi connectivity index (χ0) is 12.4. The molecule has 0 bridgehead atoms. The van der Waals surface area contributed by atoms with Gasteiger partial charge in [0.05, 0.1) is 0 Å². The molecule has 3 atom stereocenters. The normalized spacial score (nSPS) is 26.8. The molecule has 2 N–H and O–H groups in total. The Bertz CT molecular complexity index is 374. The summed E-state index contributed by atoms with van der Waals surface area (Å²) in [5.41, 5.74) is 7.20. The highest BCUT2D eigenvalue weighted by Crippen LogP contribution is 2.36. The lowest BCUT2D eigenvalue weighted by Crippen LogP contribution is -2.26. The first-order valence-corrected chi connectivity index (χ1v) is 7.07. The van der Waals surface area contributed by atoms with Gasteiger partial charge in [0.15, 0.2) is 0 Å². The summed E-state index contributed by atoms with van der Waals surface area (Å²) in [6, 6.07) is 4.94. The van der Waals surface area contributed by atoms with Crippen LogP contribution in [0.1, 0.15) is 44.2 Å². The van der Waals surface area contributed by atoms with Crippen LogP contribution >= 0.6 is 15.9 Å². The number of benzene rings is 1. The topological polar surface area (TPSA) is 26.0 Å². The third-order valence-corrected chi connectivity index (χ3v) is 4.21. The van der Waals surface area contributed by atoms with E-state index in [0.29, 0.717) is 5.92 Å². The molecule has 17 heavy (non-hydrogen) atoms. The molecule has 0 amide bonds. The molecule has 0 aliphatic heterocycles. The van der Waals surface area contributed by atoms with Gasteiger partial charge in [-0.25, -0.2) is 4.39 Å². The van der Waals surface area contributed by atoms with Crippen molar-refractivity contribution in [2.75, 3.05) is 0 Å². The molecular weight excluding hydrogens is 281 g/mol. The monoisotopic (exact) mass is 299 g/mol. The lowest BCUT2D eigenvalue weighted by atomic mass is 9.77. The van der Waals surface area contributed by atoms with E-state index in [0.717, 1.165) is 22.4 Å². The fourth-order valence-corrected chi connectivity index (χ4v) is 3.33. The first-order chi connectivity index (χ1) is 8.06. The first kappa shape index (κ1) is 13.0. The highest BCUT2D eigenvalue weighted by molar-refractivity contribution is 9.10. The molecule has 94 valence electrons. The summed E-state index contributed by atoms with van der Waals surface area (Å²) < 4.78 is 14.1. The van der Waals surface area contributed by atoms with E-state index in [2.05, 4.69) is 22.9 Å². The number of rotatable bonds is 2. The summed E-state index contributed by atoms with van der Waals surface area (Å²) in [5, 5.41) is 0. The van der Waals surface area contributed by atoms with Crippen LogP contribution in [0.15, 0.2) is 22.7 Å². The second-order valence-corrected chi connectivity index (χ2v) is 6.18. The van der Waals surface area contributed by atoms with Crippen LogP contribution in [0.3, 0.4) is 0 Å². The van der Waals surface area contributed by atoms with Crippen LogP contribution in [0.25, 0.3) is 0 Å². The van der Waals surface area contributed by atoms with Gasteiger partial charge in [-0.15, -0.1) is 0 Å². The zero-order valence-corrected chi connectivity index (χ0v) is 11.7. The van der Waals surface area contributed by atoms with Crippen molar-refractivity contribution < 1.29 is 4.39 Å². The fraction of sp³-hybridized carbons (Fsp3) is 0.571. The van der Waals surface area contributed by atoms with Crippen LogP contribution in [0, 0.1) is 17.7 Å². The summed E-state index contributed by atoms with van der Waals surface area (Å²) in [5.74, 6) is 1.03. The van der Waals surface area contributed by atoms with Crippen LogP contribution in [-0.4, -0.2) is 0 Å². The Kier molecular flexibility index (Phi) is 4.21. The van der Waals surface area contributed by atoms with Gasteiger partial charge in [-0.05, 0) is 48.4 Å². The molecule has 0 saturated heterocycles. The molecule has 1 fully saturated rings. The average Bonchev–Trinajstić information content (AvgIpc) is 2.26. The summed E-state index contributed by atoms with van der Waals surface area (Å²) in [4.78, 5) is 0. The molecule has 0 radical (unpaired) electrons. The fourth-order valence-electron chi connectivity index (χ4n) is 2.85. The Morgan fingerprint density at radius 2 is 2.12 bits per heavy atom. The molecule has 1 aromatic rings. The van der Waals surface area contributed by atoms with Gasteiger partial charge >= 0.3 is 0 Å². The standard InChI is InChI=1S/C14H19BrFN/c1-9-3-2-4-10(5-9)14(17)11-6-12(15)8-13(16)7-11/h6-10,14H,2-5,17H2,1H3. The summed E-state index contributed by atoms with van der Waals surface area (Å²) >= 11 is 3.32. The van der Waals surface area contributed by atoms with Crippen molar-refractivity contribution in [2.24, 2.45) is 17.6 Å². The van der Waals surface area contributed by atoms with Crippen molar-refractivity contribution in [1.29, 1.82) is 0 Å². The lowest BCUT2D eigenvalue weighted by molar-refractivity contribution is 0.247. The van der Waals surface area contributed by atoms with Gasteiger partial charge in [0.25, 0.3) is 0 Å². The van der Waals surface area contributed by atoms with Gasteiger partial charge in [0, 0.05) is 10.5 Å². The third kappa shape index (κ3) is 3.29. The van der Waals surface area contributed by atoms with Gasteiger partial charge in [-0.3, -0.25) is 0 Å². The lowest BCUT2D eigenvalue weighted by Gasteiger charge is -2.31. The SMILES string of the molecule is CC1CCCC(C(N)c2cc(F)cc(Br)c2)C1. The van der Waals surface area contributed by atoms with Crippen molar-refractivity contribution in [3.05, 3.63) is 34.1 Å². The van der Waals surface area contributed by atoms with E-state index in [-0.39, 0.29) is 11.9 Å². The molecule has 1 nitrogen and oxygen atoms in total. The van der Waals surface area contributed by atoms with E-state index in [1.165, 1.54) is 25.3 Å². The molecule has 0 heterocycles. The Morgan fingerprint density at radius 1 is 1.35 bits per heavy atom. The highest BCUT2D eigenvalue weighted by atomic mass is 79.9. The molecule has 1 aliphatic carbocycles. The Labute approximate surface area is 111 Å². The van der Waals surface area contributed by atoms with E-state index < -0.39 is 0 Å². The van der Waals surface area contributed by atoms with Crippen LogP contribution in [0.5, 0.6) is 0 Å². The van der Waals surface area contributed by atoms with Crippen LogP contribution in [-0.2, 0) is 0 Å². The highest BCUT2D eigenvalue weighted by Gasteiger charge is 2.25. The predicted molar refractivity (Wildman–Crippen MR) is 72.2 cm³/mol. The summed E-state index contributed by atoms with van der Waals surface area (Å²) in [6.45, 7) is 2.28. The number of nitrogens with two attached hydrogens (primary N) is 1. The maximum absolute atomic E-state index is 13.3. The number of hydrogen-bond acceptors (Lipinski definition) is 1. The molecule has 3 unspecified atom stereocenters. The first-order valence-electron chi connectivity index (χ1n) is 6.28. The zero-order valence-electron chi connectivity index (χ0n) is 10.1. The van der Waals surface area contributed by atoms with Gasteiger partial charge in [0.2, 0.25) is 0 Å². The molecule has 0 spiro atoms. The van der Waals surface area contributed by atoms with Gasteiger partial charge in [-0.2, -0.15) is 0 Å².